The molecule has 0 fully saturated rings. The van der Waals surface area contributed by atoms with Crippen LogP contribution in [0.4, 0.5) is 14.9 Å². The van der Waals surface area contributed by atoms with Gasteiger partial charge < -0.3 is 14.8 Å². The molecule has 1 aromatic heterocycles. The lowest BCUT2D eigenvalue weighted by Gasteiger charge is -2.31. The highest BCUT2D eigenvalue weighted by Gasteiger charge is 2.33. The number of nitrogens with one attached hydrogen (secondary N) is 1. The molecule has 0 spiro atoms. The minimum Gasteiger partial charge on any atom is -0.318 e. The lowest BCUT2D eigenvalue weighted by Crippen LogP contribution is -2.38. The van der Waals surface area contributed by atoms with Crippen LogP contribution in [-0.2, 0) is 6.54 Å². The molecular weight excluding hydrogens is 413 g/mol. The Morgan fingerprint density at radius 1 is 0.935 bits per heavy atom. The van der Waals surface area contributed by atoms with Crippen molar-refractivity contribution in [3.63, 3.8) is 0 Å². The van der Waals surface area contributed by atoms with E-state index < -0.39 is 6.04 Å². The Morgan fingerprint density at radius 2 is 1.68 bits per heavy atom. The highest BCUT2D eigenvalue weighted by molar-refractivity contribution is 6.33. The van der Waals surface area contributed by atoms with Crippen molar-refractivity contribution in [1.29, 1.82) is 0 Å². The fraction of sp³-hybridized carbons (Fsp3) is 0.0800. The first-order chi connectivity index (χ1) is 15.1. The van der Waals surface area contributed by atoms with Crippen LogP contribution in [0.5, 0.6) is 0 Å². The quantitative estimate of drug-likeness (QED) is 0.391. The second-order valence-electron chi connectivity index (χ2n) is 7.42. The number of amides is 2. The van der Waals surface area contributed by atoms with E-state index in [0.717, 1.165) is 22.5 Å². The van der Waals surface area contributed by atoms with E-state index in [1.165, 1.54) is 12.1 Å². The lowest BCUT2D eigenvalue weighted by molar-refractivity contribution is 0.194. The average Bonchev–Trinajstić information content (AvgIpc) is 3.20. The number of carbonyl (C=O) groups excluding carboxylic acids is 1. The van der Waals surface area contributed by atoms with Crippen molar-refractivity contribution < 1.29 is 9.18 Å². The number of anilines is 1. The minimum absolute atomic E-state index is 0.285. The molecule has 1 aliphatic rings. The fourth-order valence-electron chi connectivity index (χ4n) is 4.08. The predicted molar refractivity (Wildman–Crippen MR) is 120 cm³/mol. The lowest BCUT2D eigenvalue weighted by atomic mass is 10.0. The van der Waals surface area contributed by atoms with Crippen LogP contribution in [0, 0.1) is 5.82 Å². The number of rotatable bonds is 2. The van der Waals surface area contributed by atoms with Gasteiger partial charge in [0, 0.05) is 11.9 Å². The molecule has 1 N–H and O–H groups in total. The molecule has 0 radical (unpaired) electrons. The molecule has 3 aromatic carbocycles. The molecule has 2 amide bonds. The molecule has 0 bridgehead atoms. The van der Waals surface area contributed by atoms with Gasteiger partial charge in [-0.25, -0.2) is 9.18 Å². The van der Waals surface area contributed by atoms with Gasteiger partial charge in [0.2, 0.25) is 0 Å². The van der Waals surface area contributed by atoms with E-state index in [-0.39, 0.29) is 11.8 Å². The summed E-state index contributed by atoms with van der Waals surface area (Å²) in [6.07, 6.45) is 1.99. The number of hydrogen-bond donors (Lipinski definition) is 1. The number of halogens is 2. The van der Waals surface area contributed by atoms with Gasteiger partial charge in [-0.3, -0.25) is 0 Å². The molecule has 4 nitrogen and oxygen atoms in total. The Kier molecular flexibility index (Phi) is 4.96. The van der Waals surface area contributed by atoms with Gasteiger partial charge >= 0.3 is 6.03 Å². The van der Waals surface area contributed by atoms with Crippen molar-refractivity contribution in [3.8, 4) is 5.69 Å². The third kappa shape index (κ3) is 3.57. The van der Waals surface area contributed by atoms with Gasteiger partial charge in [-0.1, -0.05) is 54.1 Å². The molecule has 0 saturated heterocycles. The summed E-state index contributed by atoms with van der Waals surface area (Å²) >= 11 is 6.28. The molecule has 1 unspecified atom stereocenters. The van der Waals surface area contributed by atoms with Crippen molar-refractivity contribution in [3.05, 3.63) is 119 Å². The Hall–Kier alpha value is -3.57. The van der Waals surface area contributed by atoms with Crippen LogP contribution in [0.2, 0.25) is 5.02 Å². The van der Waals surface area contributed by atoms with Gasteiger partial charge in [0.25, 0.3) is 0 Å². The number of carbonyl (C=O) groups is 1. The van der Waals surface area contributed by atoms with Crippen molar-refractivity contribution in [2.75, 3.05) is 5.32 Å². The van der Waals surface area contributed by atoms with Crippen LogP contribution in [0.1, 0.15) is 22.9 Å². The zero-order valence-corrected chi connectivity index (χ0v) is 17.3. The maximum absolute atomic E-state index is 13.7. The molecule has 1 aliphatic heterocycles. The second-order valence-corrected chi connectivity index (χ2v) is 7.83. The summed E-state index contributed by atoms with van der Waals surface area (Å²) in [4.78, 5) is 15.3. The Bertz CT molecular complexity index is 1250. The van der Waals surface area contributed by atoms with E-state index in [2.05, 4.69) is 9.88 Å². The van der Waals surface area contributed by atoms with E-state index in [9.17, 15) is 9.18 Å². The number of benzene rings is 3. The first-order valence-corrected chi connectivity index (χ1v) is 10.3. The number of aromatic nitrogens is 1. The van der Waals surface area contributed by atoms with E-state index in [4.69, 9.17) is 11.6 Å². The third-order valence-electron chi connectivity index (χ3n) is 5.53. The third-order valence-corrected chi connectivity index (χ3v) is 5.86. The van der Waals surface area contributed by atoms with Gasteiger partial charge in [0.15, 0.2) is 0 Å². The van der Waals surface area contributed by atoms with Crippen molar-refractivity contribution >= 4 is 23.3 Å². The summed E-state index contributed by atoms with van der Waals surface area (Å²) in [5, 5.41) is 3.41. The normalized spacial score (nSPS) is 15.0. The molecule has 6 heteroatoms. The molecular formula is C25H19ClFN3O. The highest BCUT2D eigenvalue weighted by Crippen LogP contribution is 2.37. The van der Waals surface area contributed by atoms with E-state index in [1.54, 1.807) is 29.2 Å². The zero-order valence-electron chi connectivity index (χ0n) is 16.5. The summed E-state index contributed by atoms with van der Waals surface area (Å²) in [6, 6.07) is 24.7. The second kappa shape index (κ2) is 7.93. The molecule has 31 heavy (non-hydrogen) atoms. The van der Waals surface area contributed by atoms with Crippen molar-refractivity contribution in [1.82, 2.24) is 9.47 Å². The summed E-state index contributed by atoms with van der Waals surface area (Å²) in [7, 11) is 0. The summed E-state index contributed by atoms with van der Waals surface area (Å²) < 4.78 is 15.7. The van der Waals surface area contributed by atoms with Gasteiger partial charge in [-0.2, -0.15) is 0 Å². The van der Waals surface area contributed by atoms with Gasteiger partial charge in [-0.15, -0.1) is 0 Å². The highest BCUT2D eigenvalue weighted by atomic mass is 35.5. The van der Waals surface area contributed by atoms with Crippen LogP contribution in [0.25, 0.3) is 5.69 Å². The first-order valence-electron chi connectivity index (χ1n) is 9.95. The SMILES string of the molecule is O=C(Nc1ccccc1Cl)N1Cc2ccccc2-n2cccc2C1c1ccc(F)cc1. The molecule has 0 aliphatic carbocycles. The molecule has 154 valence electrons. The van der Waals surface area contributed by atoms with Crippen molar-refractivity contribution in [2.45, 2.75) is 12.6 Å². The molecule has 0 saturated carbocycles. The monoisotopic (exact) mass is 431 g/mol. The van der Waals surface area contributed by atoms with Gasteiger partial charge in [0.1, 0.15) is 5.82 Å². The number of fused-ring (bicyclic) bond motifs is 3. The topological polar surface area (TPSA) is 37.3 Å². The smallest absolute Gasteiger partial charge is 0.318 e. The predicted octanol–water partition coefficient (Wildman–Crippen LogP) is 6.41. The van der Waals surface area contributed by atoms with Crippen LogP contribution in [-0.4, -0.2) is 15.5 Å². The standard InChI is InChI=1S/C25H19ClFN3O/c26-20-7-2-3-8-21(20)28-25(31)30-16-18-6-1-4-9-22(18)29-15-5-10-23(29)24(30)17-11-13-19(27)14-12-17/h1-15,24H,16H2,(H,28,31). The number of nitrogens with zero attached hydrogens (tertiary/aromatic N) is 2. The van der Waals surface area contributed by atoms with Crippen LogP contribution in [0.3, 0.4) is 0 Å². The van der Waals surface area contributed by atoms with E-state index in [0.29, 0.717) is 17.3 Å². The van der Waals surface area contributed by atoms with Crippen molar-refractivity contribution in [2.24, 2.45) is 0 Å². The molecule has 2 heterocycles. The van der Waals surface area contributed by atoms with Crippen LogP contribution in [0.15, 0.2) is 91.1 Å². The Morgan fingerprint density at radius 3 is 2.48 bits per heavy atom. The Balaban J connectivity index is 1.64. The zero-order chi connectivity index (χ0) is 21.4. The maximum Gasteiger partial charge on any atom is 0.323 e. The molecule has 4 aromatic rings. The van der Waals surface area contributed by atoms with Crippen LogP contribution < -0.4 is 5.32 Å². The summed E-state index contributed by atoms with van der Waals surface area (Å²) in [5.74, 6) is -0.317. The largest absolute Gasteiger partial charge is 0.323 e. The van der Waals surface area contributed by atoms with E-state index in [1.807, 2.05) is 54.7 Å². The van der Waals surface area contributed by atoms with Gasteiger partial charge in [-0.05, 0) is 53.6 Å². The minimum atomic E-state index is -0.412. The maximum atomic E-state index is 13.7. The molecule has 5 rings (SSSR count). The summed E-state index contributed by atoms with van der Waals surface area (Å²) in [6.45, 7) is 0.385. The molecule has 1 atom stereocenters. The van der Waals surface area contributed by atoms with Crippen LogP contribution >= 0.6 is 11.6 Å². The number of urea groups is 1. The number of para-hydroxylation sites is 2. The average molecular weight is 432 g/mol. The Labute approximate surface area is 184 Å². The summed E-state index contributed by atoms with van der Waals surface area (Å²) in [5.41, 5.74) is 4.32. The first kappa shape index (κ1) is 19.4. The van der Waals surface area contributed by atoms with Gasteiger partial charge in [0.05, 0.1) is 29.0 Å². The van der Waals surface area contributed by atoms with E-state index >= 15 is 0 Å². The fourth-order valence-corrected chi connectivity index (χ4v) is 4.27. The number of hydrogen-bond acceptors (Lipinski definition) is 1.